The van der Waals surface area contributed by atoms with E-state index in [-0.39, 0.29) is 12.5 Å². The Morgan fingerprint density at radius 3 is 2.62 bits per heavy atom. The SMILES string of the molecule is C=CCOc1cc(Cl)c(C2NC(=O)NC(C)=C2C(=O)NCc2ccccc2)cc1OCC. The molecule has 0 aliphatic carbocycles. The van der Waals surface area contributed by atoms with Gasteiger partial charge in [0.05, 0.1) is 23.2 Å². The molecule has 1 unspecified atom stereocenters. The van der Waals surface area contributed by atoms with Crippen molar-refractivity contribution < 1.29 is 19.1 Å². The van der Waals surface area contributed by atoms with Gasteiger partial charge in [-0.3, -0.25) is 4.79 Å². The number of benzene rings is 2. The molecule has 0 aromatic heterocycles. The second-order valence-corrected chi connectivity index (χ2v) is 7.50. The van der Waals surface area contributed by atoms with Crippen molar-refractivity contribution in [2.45, 2.75) is 26.4 Å². The Balaban J connectivity index is 1.95. The van der Waals surface area contributed by atoms with Crippen molar-refractivity contribution >= 4 is 23.5 Å². The van der Waals surface area contributed by atoms with Gasteiger partial charge in [-0.15, -0.1) is 0 Å². The summed E-state index contributed by atoms with van der Waals surface area (Å²) in [5.74, 6) is 0.602. The fourth-order valence-corrected chi connectivity index (χ4v) is 3.67. The average molecular weight is 456 g/mol. The Morgan fingerprint density at radius 1 is 1.22 bits per heavy atom. The predicted molar refractivity (Wildman–Crippen MR) is 124 cm³/mol. The number of hydrogen-bond donors (Lipinski definition) is 3. The summed E-state index contributed by atoms with van der Waals surface area (Å²) >= 11 is 6.56. The molecule has 2 aromatic rings. The lowest BCUT2D eigenvalue weighted by Gasteiger charge is -2.29. The summed E-state index contributed by atoms with van der Waals surface area (Å²) in [5.41, 5.74) is 2.30. The quantitative estimate of drug-likeness (QED) is 0.493. The highest BCUT2D eigenvalue weighted by atomic mass is 35.5. The summed E-state index contributed by atoms with van der Waals surface area (Å²) in [4.78, 5) is 25.4. The van der Waals surface area contributed by atoms with Gasteiger partial charge in [-0.2, -0.15) is 0 Å². The van der Waals surface area contributed by atoms with Crippen LogP contribution in [0.5, 0.6) is 11.5 Å². The smallest absolute Gasteiger partial charge is 0.319 e. The average Bonchev–Trinajstić information content (AvgIpc) is 2.77. The second-order valence-electron chi connectivity index (χ2n) is 7.09. The van der Waals surface area contributed by atoms with Crippen LogP contribution < -0.4 is 25.4 Å². The summed E-state index contributed by atoms with van der Waals surface area (Å²) in [6, 6.07) is 11.7. The number of rotatable bonds is 9. The zero-order valence-corrected chi connectivity index (χ0v) is 18.8. The summed E-state index contributed by atoms with van der Waals surface area (Å²) in [6.07, 6.45) is 1.62. The molecular formula is C24H26ClN3O4. The van der Waals surface area contributed by atoms with Crippen LogP contribution in [-0.2, 0) is 11.3 Å². The molecule has 0 saturated heterocycles. The lowest BCUT2D eigenvalue weighted by molar-refractivity contribution is -0.118. The minimum atomic E-state index is -0.764. The van der Waals surface area contributed by atoms with Crippen molar-refractivity contribution in [2.24, 2.45) is 0 Å². The van der Waals surface area contributed by atoms with Gasteiger partial charge in [-0.25, -0.2) is 4.79 Å². The minimum Gasteiger partial charge on any atom is -0.490 e. The minimum absolute atomic E-state index is 0.284. The molecule has 0 radical (unpaired) electrons. The molecule has 32 heavy (non-hydrogen) atoms. The topological polar surface area (TPSA) is 88.7 Å². The fraction of sp³-hybridized carbons (Fsp3) is 0.250. The summed E-state index contributed by atoms with van der Waals surface area (Å²) in [5, 5.41) is 8.71. The summed E-state index contributed by atoms with van der Waals surface area (Å²) in [6.45, 7) is 8.22. The molecule has 1 aliphatic heterocycles. The third-order valence-electron chi connectivity index (χ3n) is 4.84. The number of ether oxygens (including phenoxy) is 2. The molecule has 7 nitrogen and oxygen atoms in total. The maximum absolute atomic E-state index is 13.1. The molecule has 1 aliphatic rings. The van der Waals surface area contributed by atoms with Gasteiger partial charge in [0.2, 0.25) is 0 Å². The van der Waals surface area contributed by atoms with Gasteiger partial charge in [0.1, 0.15) is 6.61 Å². The number of allylic oxidation sites excluding steroid dienone is 1. The van der Waals surface area contributed by atoms with E-state index in [1.165, 1.54) is 0 Å². The highest BCUT2D eigenvalue weighted by molar-refractivity contribution is 6.31. The van der Waals surface area contributed by atoms with Crippen LogP contribution in [0.15, 0.2) is 66.4 Å². The van der Waals surface area contributed by atoms with Gasteiger partial charge in [0.15, 0.2) is 11.5 Å². The Bertz CT molecular complexity index is 1040. The Hall–Kier alpha value is -3.45. The largest absolute Gasteiger partial charge is 0.490 e. The standard InChI is InChI=1S/C24H26ClN3O4/c1-4-11-32-20-13-18(25)17(12-19(20)31-5-2)22-21(15(3)27-24(30)28-22)23(29)26-14-16-9-7-6-8-10-16/h4,6-10,12-13,22H,1,5,11,14H2,2-3H3,(H,26,29)(H2,27,28,30). The molecule has 0 spiro atoms. The fourth-order valence-electron chi connectivity index (χ4n) is 3.40. The molecule has 0 fully saturated rings. The number of urea groups is 1. The summed E-state index contributed by atoms with van der Waals surface area (Å²) < 4.78 is 11.4. The van der Waals surface area contributed by atoms with E-state index in [1.54, 1.807) is 25.1 Å². The molecular weight excluding hydrogens is 430 g/mol. The van der Waals surface area contributed by atoms with Crippen LogP contribution in [0, 0.1) is 0 Å². The predicted octanol–water partition coefficient (Wildman–Crippen LogP) is 4.25. The van der Waals surface area contributed by atoms with Crippen LogP contribution >= 0.6 is 11.6 Å². The Labute approximate surface area is 192 Å². The normalized spacial score (nSPS) is 15.5. The molecule has 168 valence electrons. The Morgan fingerprint density at radius 2 is 1.94 bits per heavy atom. The number of carbonyl (C=O) groups excluding carboxylic acids is 2. The van der Waals surface area contributed by atoms with Gasteiger partial charge < -0.3 is 25.4 Å². The van der Waals surface area contributed by atoms with Gasteiger partial charge in [-0.1, -0.05) is 54.6 Å². The van der Waals surface area contributed by atoms with Crippen LogP contribution in [0.1, 0.15) is 31.0 Å². The van der Waals surface area contributed by atoms with Gasteiger partial charge in [0, 0.05) is 23.9 Å². The van der Waals surface area contributed by atoms with Crippen LogP contribution in [0.2, 0.25) is 5.02 Å². The first-order valence-electron chi connectivity index (χ1n) is 10.2. The highest BCUT2D eigenvalue weighted by Crippen LogP contribution is 2.39. The van der Waals surface area contributed by atoms with Gasteiger partial charge in [0.25, 0.3) is 5.91 Å². The first-order chi connectivity index (χ1) is 15.4. The van der Waals surface area contributed by atoms with Crippen molar-refractivity contribution in [3.8, 4) is 11.5 Å². The lowest BCUT2D eigenvalue weighted by Crippen LogP contribution is -2.47. The number of nitrogens with one attached hydrogen (secondary N) is 3. The first kappa shape index (κ1) is 23.2. The van der Waals surface area contributed by atoms with Crippen LogP contribution in [0.4, 0.5) is 4.79 Å². The van der Waals surface area contributed by atoms with E-state index in [0.29, 0.717) is 46.5 Å². The molecule has 0 saturated carbocycles. The zero-order valence-electron chi connectivity index (χ0n) is 18.0. The molecule has 3 rings (SSSR count). The molecule has 1 heterocycles. The molecule has 2 aromatic carbocycles. The zero-order chi connectivity index (χ0) is 23.1. The van der Waals surface area contributed by atoms with Crippen LogP contribution in [0.25, 0.3) is 0 Å². The van der Waals surface area contributed by atoms with E-state index < -0.39 is 12.1 Å². The first-order valence-corrected chi connectivity index (χ1v) is 10.6. The molecule has 3 N–H and O–H groups in total. The van der Waals surface area contributed by atoms with E-state index in [2.05, 4.69) is 22.5 Å². The highest BCUT2D eigenvalue weighted by Gasteiger charge is 2.33. The summed E-state index contributed by atoms with van der Waals surface area (Å²) in [7, 11) is 0. The van der Waals surface area contributed by atoms with Gasteiger partial charge in [-0.05, 0) is 25.5 Å². The van der Waals surface area contributed by atoms with Crippen LogP contribution in [-0.4, -0.2) is 25.2 Å². The van der Waals surface area contributed by atoms with E-state index in [0.717, 1.165) is 5.56 Å². The Kier molecular flexibility index (Phi) is 7.78. The number of hydrogen-bond acceptors (Lipinski definition) is 4. The third-order valence-corrected chi connectivity index (χ3v) is 5.17. The van der Waals surface area contributed by atoms with E-state index in [9.17, 15) is 9.59 Å². The van der Waals surface area contributed by atoms with Crippen molar-refractivity contribution in [3.05, 3.63) is 82.5 Å². The van der Waals surface area contributed by atoms with E-state index in [4.69, 9.17) is 21.1 Å². The van der Waals surface area contributed by atoms with E-state index in [1.807, 2.05) is 37.3 Å². The number of amides is 3. The monoisotopic (exact) mass is 455 g/mol. The molecule has 3 amide bonds. The van der Waals surface area contributed by atoms with Gasteiger partial charge >= 0.3 is 6.03 Å². The molecule has 1 atom stereocenters. The van der Waals surface area contributed by atoms with Crippen molar-refractivity contribution in [1.82, 2.24) is 16.0 Å². The maximum atomic E-state index is 13.1. The number of carbonyl (C=O) groups is 2. The van der Waals surface area contributed by atoms with Crippen molar-refractivity contribution in [1.29, 1.82) is 0 Å². The van der Waals surface area contributed by atoms with Crippen LogP contribution in [0.3, 0.4) is 0 Å². The molecule has 0 bridgehead atoms. The maximum Gasteiger partial charge on any atom is 0.319 e. The molecule has 8 heteroatoms. The van der Waals surface area contributed by atoms with E-state index >= 15 is 0 Å². The second kappa shape index (κ2) is 10.7. The number of halogens is 1. The van der Waals surface area contributed by atoms with Crippen molar-refractivity contribution in [2.75, 3.05) is 13.2 Å². The third kappa shape index (κ3) is 5.42. The van der Waals surface area contributed by atoms with Crippen molar-refractivity contribution in [3.63, 3.8) is 0 Å². The lowest BCUT2D eigenvalue weighted by atomic mass is 9.94.